The van der Waals surface area contributed by atoms with Gasteiger partial charge in [-0.3, -0.25) is 0 Å². The van der Waals surface area contributed by atoms with E-state index in [-0.39, 0.29) is 18.7 Å². The fourth-order valence-corrected chi connectivity index (χ4v) is 1.70. The van der Waals surface area contributed by atoms with Crippen LogP contribution >= 0.6 is 0 Å². The minimum absolute atomic E-state index is 0.0439. The molecule has 3 N–H and O–H groups in total. The van der Waals surface area contributed by atoms with Crippen molar-refractivity contribution in [2.45, 2.75) is 32.3 Å². The number of rotatable bonds is 4. The number of ether oxygens (including phenoxy) is 1. The van der Waals surface area contributed by atoms with Gasteiger partial charge >= 0.3 is 6.09 Å². The van der Waals surface area contributed by atoms with Crippen LogP contribution in [0.4, 0.5) is 18.0 Å². The zero-order valence-electron chi connectivity index (χ0n) is 12.2. The van der Waals surface area contributed by atoms with Gasteiger partial charge in [-0.05, 0) is 32.4 Å². The lowest BCUT2D eigenvalue weighted by molar-refractivity contribution is 0.0524. The number of hydrogen-bond donors (Lipinski definition) is 2. The second kappa shape index (κ2) is 6.80. The zero-order chi connectivity index (χ0) is 16.2. The van der Waals surface area contributed by atoms with Crippen molar-refractivity contribution in [3.8, 4) is 0 Å². The van der Waals surface area contributed by atoms with Crippen LogP contribution in [0.3, 0.4) is 0 Å². The normalized spacial score (nSPS) is 12.9. The summed E-state index contributed by atoms with van der Waals surface area (Å²) >= 11 is 0. The van der Waals surface area contributed by atoms with Crippen LogP contribution in [0.5, 0.6) is 0 Å². The van der Waals surface area contributed by atoms with Crippen molar-refractivity contribution in [3.05, 3.63) is 35.1 Å². The van der Waals surface area contributed by atoms with Gasteiger partial charge in [-0.15, -0.1) is 0 Å². The van der Waals surface area contributed by atoms with Crippen LogP contribution in [0.25, 0.3) is 0 Å². The first-order valence-electron chi connectivity index (χ1n) is 6.46. The molecule has 7 heteroatoms. The smallest absolute Gasteiger partial charge is 0.407 e. The number of amides is 1. The molecule has 0 saturated carbocycles. The number of carbonyl (C=O) groups excluding carboxylic acids is 1. The van der Waals surface area contributed by atoms with Crippen molar-refractivity contribution >= 4 is 6.09 Å². The summed E-state index contributed by atoms with van der Waals surface area (Å²) in [6.45, 7) is 5.00. The monoisotopic (exact) mass is 304 g/mol. The average Bonchev–Trinajstić information content (AvgIpc) is 2.36. The van der Waals surface area contributed by atoms with Gasteiger partial charge in [-0.1, -0.05) is 6.07 Å². The first kappa shape index (κ1) is 17.3. The molecule has 118 valence electrons. The quantitative estimate of drug-likeness (QED) is 0.841. The van der Waals surface area contributed by atoms with E-state index in [0.29, 0.717) is 0 Å². The topological polar surface area (TPSA) is 64.3 Å². The lowest BCUT2D eigenvalue weighted by Crippen LogP contribution is -2.36. The van der Waals surface area contributed by atoms with Gasteiger partial charge in [-0.2, -0.15) is 0 Å². The van der Waals surface area contributed by atoms with Gasteiger partial charge in [0.1, 0.15) is 5.60 Å². The van der Waals surface area contributed by atoms with Gasteiger partial charge in [-0.25, -0.2) is 18.0 Å². The number of carbonyl (C=O) groups is 1. The van der Waals surface area contributed by atoms with E-state index in [1.807, 2.05) is 0 Å². The molecule has 1 unspecified atom stereocenters. The summed E-state index contributed by atoms with van der Waals surface area (Å²) in [6.07, 6.45) is -0.691. The van der Waals surface area contributed by atoms with Crippen LogP contribution in [-0.4, -0.2) is 24.8 Å². The highest BCUT2D eigenvalue weighted by Gasteiger charge is 2.22. The van der Waals surface area contributed by atoms with E-state index in [4.69, 9.17) is 10.5 Å². The van der Waals surface area contributed by atoms with Gasteiger partial charge in [0, 0.05) is 19.0 Å². The average molecular weight is 304 g/mol. The third-order valence-electron chi connectivity index (χ3n) is 2.68. The number of hydrogen-bond acceptors (Lipinski definition) is 3. The van der Waals surface area contributed by atoms with E-state index in [1.54, 1.807) is 20.8 Å². The maximum atomic E-state index is 13.7. The van der Waals surface area contributed by atoms with E-state index in [0.717, 1.165) is 12.1 Å². The van der Waals surface area contributed by atoms with Crippen LogP contribution < -0.4 is 11.1 Å². The van der Waals surface area contributed by atoms with E-state index in [9.17, 15) is 18.0 Å². The van der Waals surface area contributed by atoms with E-state index < -0.39 is 35.1 Å². The first-order chi connectivity index (χ1) is 9.65. The molecule has 1 atom stereocenters. The molecule has 0 aliphatic rings. The molecule has 4 nitrogen and oxygen atoms in total. The summed E-state index contributed by atoms with van der Waals surface area (Å²) in [5, 5.41) is 2.43. The maximum absolute atomic E-state index is 13.7. The Kier molecular flexibility index (Phi) is 5.60. The molecule has 0 bridgehead atoms. The lowest BCUT2D eigenvalue weighted by atomic mass is 9.98. The Morgan fingerprint density at radius 1 is 1.29 bits per heavy atom. The second-order valence-corrected chi connectivity index (χ2v) is 5.58. The summed E-state index contributed by atoms with van der Waals surface area (Å²) in [5.41, 5.74) is 4.74. The lowest BCUT2D eigenvalue weighted by Gasteiger charge is -2.22. The standard InChI is InChI=1S/C14H19F3N2O2/c1-14(2,3)21-13(20)19-7-8(6-18)9-4-5-10(15)12(17)11(9)16/h4-5,8H,6-7,18H2,1-3H3,(H,19,20). The largest absolute Gasteiger partial charge is 0.444 e. The summed E-state index contributed by atoms with van der Waals surface area (Å²) in [4.78, 5) is 11.5. The van der Waals surface area contributed by atoms with Crippen molar-refractivity contribution in [1.29, 1.82) is 0 Å². The van der Waals surface area contributed by atoms with Crippen LogP contribution in [-0.2, 0) is 4.74 Å². The van der Waals surface area contributed by atoms with Gasteiger partial charge < -0.3 is 15.8 Å². The first-order valence-corrected chi connectivity index (χ1v) is 6.46. The van der Waals surface area contributed by atoms with Crippen molar-refractivity contribution < 1.29 is 22.7 Å². The highest BCUT2D eigenvalue weighted by atomic mass is 19.2. The summed E-state index contributed by atoms with van der Waals surface area (Å²) in [7, 11) is 0. The highest BCUT2D eigenvalue weighted by molar-refractivity contribution is 5.67. The molecule has 0 aliphatic carbocycles. The fraction of sp³-hybridized carbons (Fsp3) is 0.500. The fourth-order valence-electron chi connectivity index (χ4n) is 1.70. The van der Waals surface area contributed by atoms with Gasteiger partial charge in [0.25, 0.3) is 0 Å². The molecule has 0 fully saturated rings. The number of nitrogens with one attached hydrogen (secondary N) is 1. The zero-order valence-corrected chi connectivity index (χ0v) is 12.2. The van der Waals surface area contributed by atoms with Crippen LogP contribution in [0.1, 0.15) is 32.3 Å². The molecule has 1 amide bonds. The number of benzene rings is 1. The summed E-state index contributed by atoms with van der Waals surface area (Å²) in [6, 6.07) is 1.94. The van der Waals surface area contributed by atoms with Crippen molar-refractivity contribution in [1.82, 2.24) is 5.32 Å². The Bertz CT molecular complexity index is 516. The van der Waals surface area contributed by atoms with Crippen LogP contribution in [0.15, 0.2) is 12.1 Å². The Hall–Kier alpha value is -1.76. The van der Waals surface area contributed by atoms with Crippen molar-refractivity contribution in [2.24, 2.45) is 5.73 Å². The Morgan fingerprint density at radius 3 is 2.43 bits per heavy atom. The molecule has 1 aromatic carbocycles. The summed E-state index contributed by atoms with van der Waals surface area (Å²) in [5.74, 6) is -4.81. The molecular weight excluding hydrogens is 285 g/mol. The third kappa shape index (κ3) is 4.93. The molecular formula is C14H19F3N2O2. The predicted octanol–water partition coefficient (Wildman–Crippen LogP) is 2.67. The Labute approximate surface area is 121 Å². The number of halogens is 3. The summed E-state index contributed by atoms with van der Waals surface area (Å²) < 4.78 is 44.8. The van der Waals surface area contributed by atoms with Crippen molar-refractivity contribution in [2.75, 3.05) is 13.1 Å². The van der Waals surface area contributed by atoms with Crippen molar-refractivity contribution in [3.63, 3.8) is 0 Å². The molecule has 0 aliphatic heterocycles. The predicted molar refractivity (Wildman–Crippen MR) is 72.3 cm³/mol. The molecule has 0 radical (unpaired) electrons. The third-order valence-corrected chi connectivity index (χ3v) is 2.68. The van der Waals surface area contributed by atoms with Crippen LogP contribution in [0.2, 0.25) is 0 Å². The minimum Gasteiger partial charge on any atom is -0.444 e. The maximum Gasteiger partial charge on any atom is 0.407 e. The minimum atomic E-state index is -1.55. The van der Waals surface area contributed by atoms with Gasteiger partial charge in [0.05, 0.1) is 0 Å². The van der Waals surface area contributed by atoms with E-state index >= 15 is 0 Å². The molecule has 1 rings (SSSR count). The molecule has 0 aromatic heterocycles. The van der Waals surface area contributed by atoms with E-state index in [2.05, 4.69) is 5.32 Å². The number of nitrogens with two attached hydrogens (primary N) is 1. The molecule has 0 heterocycles. The molecule has 21 heavy (non-hydrogen) atoms. The van der Waals surface area contributed by atoms with E-state index in [1.165, 1.54) is 0 Å². The molecule has 0 spiro atoms. The molecule has 1 aromatic rings. The Morgan fingerprint density at radius 2 is 1.90 bits per heavy atom. The SMILES string of the molecule is CC(C)(C)OC(=O)NCC(CN)c1ccc(F)c(F)c1F. The van der Waals surface area contributed by atoms with Gasteiger partial charge in [0.2, 0.25) is 0 Å². The van der Waals surface area contributed by atoms with Crippen LogP contribution in [0, 0.1) is 17.5 Å². The highest BCUT2D eigenvalue weighted by Crippen LogP contribution is 2.22. The molecule has 0 saturated heterocycles. The Balaban J connectivity index is 2.77. The number of alkyl carbamates (subject to hydrolysis) is 1. The van der Waals surface area contributed by atoms with Gasteiger partial charge in [0.15, 0.2) is 17.5 Å². The second-order valence-electron chi connectivity index (χ2n) is 5.58.